The second-order valence-corrected chi connectivity index (χ2v) is 7.13. The number of aromatic nitrogens is 3. The van der Waals surface area contributed by atoms with Gasteiger partial charge in [0, 0.05) is 36.3 Å². The molecule has 3 heterocycles. The summed E-state index contributed by atoms with van der Waals surface area (Å²) < 4.78 is 0.847. The number of nitriles is 1. The zero-order valence-electron chi connectivity index (χ0n) is 15.5. The Kier molecular flexibility index (Phi) is 5.14. The molecule has 7 nitrogen and oxygen atoms in total. The summed E-state index contributed by atoms with van der Waals surface area (Å²) in [5.74, 6) is 0. The molecule has 0 unspecified atom stereocenters. The van der Waals surface area contributed by atoms with Gasteiger partial charge in [0.05, 0.1) is 21.5 Å². The number of pyridine rings is 2. The number of nitrogens with zero attached hydrogens (tertiary/aromatic N) is 4. The van der Waals surface area contributed by atoms with Crippen molar-refractivity contribution in [3.63, 3.8) is 0 Å². The zero-order valence-corrected chi connectivity index (χ0v) is 16.3. The molecular weight excluding hydrogens is 384 g/mol. The number of urea groups is 1. The lowest BCUT2D eigenvalue weighted by Gasteiger charge is -2.08. The Morgan fingerprint density at radius 1 is 1.21 bits per heavy atom. The molecule has 142 valence electrons. The average Bonchev–Trinajstić information content (AvgIpc) is 3.16. The Hall–Kier alpha value is -3.83. The van der Waals surface area contributed by atoms with Crippen LogP contribution in [0.2, 0.25) is 0 Å². The van der Waals surface area contributed by atoms with E-state index >= 15 is 0 Å². The topological polar surface area (TPSA) is 104 Å². The number of carbonyl (C=O) groups is 1. The van der Waals surface area contributed by atoms with Gasteiger partial charge >= 0.3 is 6.03 Å². The number of nitrogens with one attached hydrogen (secondary N) is 2. The smallest absolute Gasteiger partial charge is 0.321 e. The third kappa shape index (κ3) is 3.77. The van der Waals surface area contributed by atoms with E-state index < -0.39 is 0 Å². The number of hydrogen-bond donors (Lipinski definition) is 2. The number of rotatable bonds is 4. The van der Waals surface area contributed by atoms with E-state index in [9.17, 15) is 10.1 Å². The van der Waals surface area contributed by atoms with E-state index in [-0.39, 0.29) is 6.03 Å². The van der Waals surface area contributed by atoms with Crippen molar-refractivity contribution >= 4 is 32.7 Å². The average molecular weight is 400 g/mol. The van der Waals surface area contributed by atoms with Gasteiger partial charge in [-0.3, -0.25) is 15.3 Å². The normalized spacial score (nSPS) is 10.5. The molecule has 0 bridgehead atoms. The van der Waals surface area contributed by atoms with Crippen molar-refractivity contribution in [3.8, 4) is 28.5 Å². The van der Waals surface area contributed by atoms with Crippen molar-refractivity contribution in [2.45, 2.75) is 6.92 Å². The first-order chi connectivity index (χ1) is 14.2. The highest BCUT2D eigenvalue weighted by molar-refractivity contribution is 7.22. The quantitative estimate of drug-likeness (QED) is 0.527. The summed E-state index contributed by atoms with van der Waals surface area (Å²) in [4.78, 5) is 25.1. The highest BCUT2D eigenvalue weighted by atomic mass is 32.1. The van der Waals surface area contributed by atoms with Crippen LogP contribution in [0.1, 0.15) is 12.5 Å². The Balaban J connectivity index is 1.92. The molecule has 0 aliphatic carbocycles. The zero-order chi connectivity index (χ0) is 20.2. The Labute approximate surface area is 171 Å². The molecule has 2 amide bonds. The highest BCUT2D eigenvalue weighted by Gasteiger charge is 2.17. The molecule has 0 saturated carbocycles. The predicted octanol–water partition coefficient (Wildman–Crippen LogP) is 4.43. The monoisotopic (exact) mass is 400 g/mol. The molecule has 2 N–H and O–H groups in total. The van der Waals surface area contributed by atoms with Crippen LogP contribution < -0.4 is 10.6 Å². The van der Waals surface area contributed by atoms with E-state index in [1.54, 1.807) is 30.7 Å². The van der Waals surface area contributed by atoms with Crippen molar-refractivity contribution in [2.24, 2.45) is 0 Å². The van der Waals surface area contributed by atoms with Crippen LogP contribution in [0.5, 0.6) is 0 Å². The highest BCUT2D eigenvalue weighted by Crippen LogP contribution is 2.38. The molecule has 0 spiro atoms. The molecule has 29 heavy (non-hydrogen) atoms. The van der Waals surface area contributed by atoms with E-state index in [4.69, 9.17) is 0 Å². The second-order valence-electron chi connectivity index (χ2n) is 6.13. The number of hydrogen-bond acceptors (Lipinski definition) is 6. The molecule has 0 aliphatic rings. The van der Waals surface area contributed by atoms with Crippen LogP contribution in [0.15, 0.2) is 55.0 Å². The molecule has 0 aliphatic heterocycles. The third-order valence-corrected chi connectivity index (χ3v) is 5.25. The summed E-state index contributed by atoms with van der Waals surface area (Å²) in [5.41, 5.74) is 4.40. The van der Waals surface area contributed by atoms with Crippen LogP contribution in [0.3, 0.4) is 0 Å². The molecule has 0 radical (unpaired) electrons. The van der Waals surface area contributed by atoms with Crippen molar-refractivity contribution in [3.05, 3.63) is 60.6 Å². The minimum absolute atomic E-state index is 0.309. The van der Waals surface area contributed by atoms with Gasteiger partial charge in [0.15, 0.2) is 5.13 Å². The van der Waals surface area contributed by atoms with Crippen molar-refractivity contribution < 1.29 is 4.79 Å². The van der Waals surface area contributed by atoms with Crippen LogP contribution in [-0.2, 0) is 0 Å². The molecule has 3 aromatic heterocycles. The van der Waals surface area contributed by atoms with Crippen LogP contribution in [0.25, 0.3) is 32.6 Å². The van der Waals surface area contributed by atoms with E-state index in [0.29, 0.717) is 28.5 Å². The maximum absolute atomic E-state index is 11.9. The molecule has 0 atom stereocenters. The lowest BCUT2D eigenvalue weighted by molar-refractivity contribution is 0.252. The van der Waals surface area contributed by atoms with Gasteiger partial charge < -0.3 is 5.32 Å². The van der Waals surface area contributed by atoms with Crippen LogP contribution in [0.4, 0.5) is 9.93 Å². The van der Waals surface area contributed by atoms with E-state index in [2.05, 4.69) is 31.7 Å². The van der Waals surface area contributed by atoms with Crippen molar-refractivity contribution in [2.75, 3.05) is 11.9 Å². The molecule has 1 aromatic carbocycles. The molecular formula is C21H16N6OS. The second kappa shape index (κ2) is 8.04. The van der Waals surface area contributed by atoms with Crippen LogP contribution in [-0.4, -0.2) is 27.5 Å². The summed E-state index contributed by atoms with van der Waals surface area (Å²) in [6, 6.07) is 13.1. The van der Waals surface area contributed by atoms with Crippen molar-refractivity contribution in [1.29, 1.82) is 5.26 Å². The van der Waals surface area contributed by atoms with Gasteiger partial charge in [0.2, 0.25) is 0 Å². The van der Waals surface area contributed by atoms with Gasteiger partial charge in [0.1, 0.15) is 6.07 Å². The Bertz CT molecular complexity index is 1230. The first-order valence-electron chi connectivity index (χ1n) is 8.95. The number of benzene rings is 1. The van der Waals surface area contributed by atoms with Crippen molar-refractivity contribution in [1.82, 2.24) is 20.3 Å². The SMILES string of the molecule is CCNC(=O)Nc1nc2cc(-c3cccnc3)cc(-c3ncccc3C#N)c2s1. The minimum Gasteiger partial charge on any atom is -0.338 e. The number of thiazole rings is 1. The lowest BCUT2D eigenvalue weighted by atomic mass is 10.00. The number of fused-ring (bicyclic) bond motifs is 1. The number of carbonyl (C=O) groups excluding carboxylic acids is 1. The number of anilines is 1. The van der Waals surface area contributed by atoms with Gasteiger partial charge in [-0.15, -0.1) is 0 Å². The summed E-state index contributed by atoms with van der Waals surface area (Å²) in [6.45, 7) is 2.37. The summed E-state index contributed by atoms with van der Waals surface area (Å²) in [7, 11) is 0. The summed E-state index contributed by atoms with van der Waals surface area (Å²) >= 11 is 1.35. The Morgan fingerprint density at radius 2 is 2.07 bits per heavy atom. The van der Waals surface area contributed by atoms with Gasteiger partial charge in [-0.05, 0) is 42.8 Å². The number of amides is 2. The fourth-order valence-corrected chi connectivity index (χ4v) is 3.93. The van der Waals surface area contributed by atoms with Gasteiger partial charge in [-0.25, -0.2) is 9.78 Å². The Morgan fingerprint density at radius 3 is 2.83 bits per heavy atom. The van der Waals surface area contributed by atoms with Gasteiger partial charge in [-0.2, -0.15) is 5.26 Å². The standard InChI is InChI=1S/C21H16N6OS/c1-2-24-20(28)27-21-26-17-10-15(14-6-3-7-23-12-14)9-16(19(17)29-21)18-13(11-22)5-4-8-25-18/h3-10,12H,2H2,1H3,(H2,24,26,27,28). The van der Waals surface area contributed by atoms with E-state index in [0.717, 1.165) is 21.4 Å². The first-order valence-corrected chi connectivity index (χ1v) is 9.76. The van der Waals surface area contributed by atoms with Crippen LogP contribution >= 0.6 is 11.3 Å². The fraction of sp³-hybridized carbons (Fsp3) is 0.0952. The third-order valence-electron chi connectivity index (χ3n) is 4.23. The summed E-state index contributed by atoms with van der Waals surface area (Å²) in [5, 5.41) is 15.5. The maximum Gasteiger partial charge on any atom is 0.321 e. The van der Waals surface area contributed by atoms with E-state index in [1.165, 1.54) is 11.3 Å². The van der Waals surface area contributed by atoms with E-state index in [1.807, 2.05) is 31.2 Å². The fourth-order valence-electron chi connectivity index (χ4n) is 2.97. The maximum atomic E-state index is 11.9. The van der Waals surface area contributed by atoms with Gasteiger partial charge in [-0.1, -0.05) is 17.4 Å². The first kappa shape index (κ1) is 18.5. The molecule has 8 heteroatoms. The largest absolute Gasteiger partial charge is 0.338 e. The predicted molar refractivity (Wildman–Crippen MR) is 113 cm³/mol. The molecule has 4 aromatic rings. The summed E-state index contributed by atoms with van der Waals surface area (Å²) in [6.07, 6.45) is 5.15. The minimum atomic E-state index is -0.309. The van der Waals surface area contributed by atoms with Gasteiger partial charge in [0.25, 0.3) is 0 Å². The lowest BCUT2D eigenvalue weighted by Crippen LogP contribution is -2.28. The molecule has 0 saturated heterocycles. The molecule has 0 fully saturated rings. The molecule has 4 rings (SSSR count). The van der Waals surface area contributed by atoms with Crippen LogP contribution in [0, 0.1) is 11.3 Å².